The van der Waals surface area contributed by atoms with Crippen molar-refractivity contribution in [2.75, 3.05) is 11.4 Å². The van der Waals surface area contributed by atoms with E-state index in [1.165, 1.54) is 6.07 Å². The van der Waals surface area contributed by atoms with Crippen LogP contribution in [0.3, 0.4) is 0 Å². The Morgan fingerprint density at radius 3 is 2.74 bits per heavy atom. The highest BCUT2D eigenvalue weighted by Crippen LogP contribution is 2.31. The van der Waals surface area contributed by atoms with Crippen LogP contribution in [0, 0.1) is 0 Å². The molecule has 0 spiro atoms. The van der Waals surface area contributed by atoms with Gasteiger partial charge in [-0.2, -0.15) is 13.2 Å². The van der Waals surface area contributed by atoms with Gasteiger partial charge in [-0.25, -0.2) is 4.98 Å². The molecular formula is C13H15F3N2O. The van der Waals surface area contributed by atoms with Crippen LogP contribution in [0.15, 0.2) is 18.3 Å². The van der Waals surface area contributed by atoms with Gasteiger partial charge in [-0.15, -0.1) is 0 Å². The topological polar surface area (TPSA) is 33.2 Å². The molecule has 1 saturated heterocycles. The van der Waals surface area contributed by atoms with E-state index in [1.54, 1.807) is 11.8 Å². The van der Waals surface area contributed by atoms with Crippen molar-refractivity contribution in [3.8, 4) is 0 Å². The van der Waals surface area contributed by atoms with Gasteiger partial charge in [-0.1, -0.05) is 6.92 Å². The van der Waals surface area contributed by atoms with E-state index in [1.807, 2.05) is 0 Å². The number of nitrogens with zero attached hydrogens (tertiary/aromatic N) is 2. The van der Waals surface area contributed by atoms with Crippen LogP contribution in [0.25, 0.3) is 0 Å². The molecule has 0 bridgehead atoms. The number of carbonyl (C=O) groups is 1. The molecule has 0 radical (unpaired) electrons. The molecule has 3 nitrogen and oxygen atoms in total. The minimum atomic E-state index is -4.38. The Labute approximate surface area is 109 Å². The van der Waals surface area contributed by atoms with Crippen molar-refractivity contribution in [3.05, 3.63) is 23.9 Å². The van der Waals surface area contributed by atoms with E-state index < -0.39 is 11.7 Å². The summed E-state index contributed by atoms with van der Waals surface area (Å²) >= 11 is 0. The van der Waals surface area contributed by atoms with Crippen LogP contribution in [0.5, 0.6) is 0 Å². The maximum absolute atomic E-state index is 12.4. The molecule has 2 heterocycles. The summed E-state index contributed by atoms with van der Waals surface area (Å²) in [7, 11) is 0. The Kier molecular flexibility index (Phi) is 3.78. The number of hydrogen-bond donors (Lipinski definition) is 0. The molecule has 1 atom stereocenters. The van der Waals surface area contributed by atoms with Gasteiger partial charge in [0.05, 0.1) is 11.6 Å². The average Bonchev–Trinajstić information content (AvgIpc) is 2.86. The number of alkyl halides is 3. The van der Waals surface area contributed by atoms with Crippen molar-refractivity contribution in [2.45, 2.75) is 38.4 Å². The summed E-state index contributed by atoms with van der Waals surface area (Å²) in [5, 5.41) is 0. The molecule has 104 valence electrons. The Morgan fingerprint density at radius 1 is 1.47 bits per heavy atom. The first-order valence-corrected chi connectivity index (χ1v) is 6.26. The Hall–Kier alpha value is -1.59. The molecule has 1 unspecified atom stereocenters. The third-order valence-electron chi connectivity index (χ3n) is 3.34. The molecular weight excluding hydrogens is 257 g/mol. The number of halogens is 3. The second-order valence-electron chi connectivity index (χ2n) is 4.57. The molecule has 0 amide bonds. The Balaban J connectivity index is 2.20. The maximum atomic E-state index is 12.4. The molecule has 2 rings (SSSR count). The lowest BCUT2D eigenvalue weighted by molar-refractivity contribution is -0.137. The molecule has 0 aliphatic carbocycles. The van der Waals surface area contributed by atoms with E-state index in [2.05, 4.69) is 4.98 Å². The fourth-order valence-corrected chi connectivity index (χ4v) is 2.33. The van der Waals surface area contributed by atoms with Gasteiger partial charge < -0.3 is 4.90 Å². The molecule has 1 aliphatic rings. The van der Waals surface area contributed by atoms with E-state index >= 15 is 0 Å². The summed E-state index contributed by atoms with van der Waals surface area (Å²) in [4.78, 5) is 17.4. The first-order chi connectivity index (χ1) is 8.93. The summed E-state index contributed by atoms with van der Waals surface area (Å²) in [5.41, 5.74) is -0.770. The van der Waals surface area contributed by atoms with Gasteiger partial charge >= 0.3 is 6.18 Å². The number of pyridine rings is 1. The van der Waals surface area contributed by atoms with Gasteiger partial charge in [-0.05, 0) is 25.0 Å². The molecule has 0 aromatic carbocycles. The zero-order chi connectivity index (χ0) is 14.0. The first-order valence-electron chi connectivity index (χ1n) is 6.26. The Bertz CT molecular complexity index is 456. The predicted octanol–water partition coefficient (Wildman–Crippen LogP) is 3.05. The lowest BCUT2D eigenvalue weighted by atomic mass is 10.1. The van der Waals surface area contributed by atoms with E-state index in [0.717, 1.165) is 25.1 Å². The van der Waals surface area contributed by atoms with Crippen molar-refractivity contribution in [1.82, 2.24) is 4.98 Å². The average molecular weight is 272 g/mol. The van der Waals surface area contributed by atoms with Crippen molar-refractivity contribution < 1.29 is 18.0 Å². The zero-order valence-electron chi connectivity index (χ0n) is 10.6. The van der Waals surface area contributed by atoms with Gasteiger partial charge in [-0.3, -0.25) is 4.79 Å². The molecule has 1 aromatic heterocycles. The minimum Gasteiger partial charge on any atom is -0.347 e. The minimum absolute atomic E-state index is 0.110. The molecule has 1 aliphatic heterocycles. The molecule has 6 heteroatoms. The molecule has 19 heavy (non-hydrogen) atoms. The van der Waals surface area contributed by atoms with Gasteiger partial charge in [0.1, 0.15) is 5.82 Å². The summed E-state index contributed by atoms with van der Waals surface area (Å²) in [6, 6.07) is 2.10. The summed E-state index contributed by atoms with van der Waals surface area (Å²) in [5.74, 6) is 0.552. The highest BCUT2D eigenvalue weighted by atomic mass is 19.4. The Morgan fingerprint density at radius 2 is 2.21 bits per heavy atom. The van der Waals surface area contributed by atoms with Crippen LogP contribution < -0.4 is 4.90 Å². The van der Waals surface area contributed by atoms with Crippen LogP contribution >= 0.6 is 0 Å². The van der Waals surface area contributed by atoms with Crippen LogP contribution in [-0.2, 0) is 11.0 Å². The highest BCUT2D eigenvalue weighted by molar-refractivity contribution is 5.87. The van der Waals surface area contributed by atoms with E-state index in [4.69, 9.17) is 0 Å². The third kappa shape index (κ3) is 2.88. The molecule has 1 fully saturated rings. The van der Waals surface area contributed by atoms with E-state index in [9.17, 15) is 18.0 Å². The van der Waals surface area contributed by atoms with Crippen LogP contribution in [0.1, 0.15) is 31.7 Å². The van der Waals surface area contributed by atoms with Crippen LogP contribution in [-0.4, -0.2) is 23.4 Å². The lowest BCUT2D eigenvalue weighted by Gasteiger charge is -2.24. The van der Waals surface area contributed by atoms with E-state index in [0.29, 0.717) is 18.8 Å². The SMILES string of the molecule is CCC(=O)C1CCCN1c1ccc(C(F)(F)F)cn1. The monoisotopic (exact) mass is 272 g/mol. The summed E-state index contributed by atoms with van der Waals surface area (Å²) < 4.78 is 37.3. The standard InChI is InChI=1S/C13H15F3N2O/c1-2-11(19)10-4-3-7-18(10)12-6-5-9(8-17-12)13(14,15)16/h5-6,8,10H,2-4,7H2,1H3. The molecule has 0 N–H and O–H groups in total. The van der Waals surface area contributed by atoms with Crippen LogP contribution in [0.4, 0.5) is 19.0 Å². The highest BCUT2D eigenvalue weighted by Gasteiger charge is 2.33. The number of rotatable bonds is 3. The van der Waals surface area contributed by atoms with Crippen molar-refractivity contribution in [1.29, 1.82) is 0 Å². The van der Waals surface area contributed by atoms with Crippen molar-refractivity contribution >= 4 is 11.6 Å². The normalized spacial score (nSPS) is 19.8. The number of aromatic nitrogens is 1. The zero-order valence-corrected chi connectivity index (χ0v) is 10.6. The van der Waals surface area contributed by atoms with Crippen LogP contribution in [0.2, 0.25) is 0 Å². The third-order valence-corrected chi connectivity index (χ3v) is 3.34. The second-order valence-corrected chi connectivity index (χ2v) is 4.57. The first kappa shape index (κ1) is 13.8. The fourth-order valence-electron chi connectivity index (χ4n) is 2.33. The maximum Gasteiger partial charge on any atom is 0.417 e. The van der Waals surface area contributed by atoms with Gasteiger partial charge in [0.25, 0.3) is 0 Å². The number of Topliss-reactive ketones (excluding diaryl/α,β-unsaturated/α-hetero) is 1. The van der Waals surface area contributed by atoms with Gasteiger partial charge in [0.2, 0.25) is 0 Å². The number of hydrogen-bond acceptors (Lipinski definition) is 3. The van der Waals surface area contributed by atoms with E-state index in [-0.39, 0.29) is 11.8 Å². The second kappa shape index (κ2) is 5.19. The quantitative estimate of drug-likeness (QED) is 0.848. The lowest BCUT2D eigenvalue weighted by Crippen LogP contribution is -2.36. The smallest absolute Gasteiger partial charge is 0.347 e. The fraction of sp³-hybridized carbons (Fsp3) is 0.538. The van der Waals surface area contributed by atoms with Crippen molar-refractivity contribution in [3.63, 3.8) is 0 Å². The number of carbonyl (C=O) groups excluding carboxylic acids is 1. The van der Waals surface area contributed by atoms with Gasteiger partial charge in [0, 0.05) is 19.2 Å². The van der Waals surface area contributed by atoms with Gasteiger partial charge in [0.15, 0.2) is 5.78 Å². The molecule has 0 saturated carbocycles. The summed E-state index contributed by atoms with van der Waals surface area (Å²) in [6.45, 7) is 2.45. The number of ketones is 1. The summed E-state index contributed by atoms with van der Waals surface area (Å²) in [6.07, 6.45) is -1.52. The van der Waals surface area contributed by atoms with Crippen molar-refractivity contribution in [2.24, 2.45) is 0 Å². The molecule has 1 aromatic rings. The number of anilines is 1. The largest absolute Gasteiger partial charge is 0.417 e. The predicted molar refractivity (Wildman–Crippen MR) is 64.9 cm³/mol.